The van der Waals surface area contributed by atoms with Crippen LogP contribution in [0.3, 0.4) is 0 Å². The monoisotopic (exact) mass is 475 g/mol. The number of hydrogen-bond acceptors (Lipinski definition) is 3. The third-order valence-corrected chi connectivity index (χ3v) is 5.32. The second kappa shape index (κ2) is 9.80. The lowest BCUT2D eigenvalue weighted by Gasteiger charge is -2.18. The van der Waals surface area contributed by atoms with E-state index in [1.807, 2.05) is 24.3 Å². The topological polar surface area (TPSA) is 62.3 Å². The molecular formula is C27H20F3N3O2. The van der Waals surface area contributed by atoms with Gasteiger partial charge in [0.15, 0.2) is 0 Å². The zero-order valence-corrected chi connectivity index (χ0v) is 18.6. The summed E-state index contributed by atoms with van der Waals surface area (Å²) >= 11 is 0. The second-order valence-electron chi connectivity index (χ2n) is 7.74. The Hall–Kier alpha value is -4.46. The number of halogens is 3. The molecule has 4 rings (SSSR count). The van der Waals surface area contributed by atoms with Crippen LogP contribution in [0.25, 0.3) is 17.0 Å². The van der Waals surface area contributed by atoms with E-state index >= 15 is 0 Å². The highest BCUT2D eigenvalue weighted by Gasteiger charge is 2.31. The van der Waals surface area contributed by atoms with Crippen molar-refractivity contribution >= 4 is 40.2 Å². The van der Waals surface area contributed by atoms with Crippen LogP contribution >= 0.6 is 0 Å². The fraction of sp³-hybridized carbons (Fsp3) is 0.0741. The van der Waals surface area contributed by atoms with Crippen LogP contribution in [0.15, 0.2) is 91.1 Å². The van der Waals surface area contributed by atoms with E-state index in [1.165, 1.54) is 30.2 Å². The van der Waals surface area contributed by atoms with Crippen LogP contribution < -0.4 is 10.2 Å². The molecular weight excluding hydrogens is 455 g/mol. The minimum Gasteiger partial charge on any atom is -0.321 e. The van der Waals surface area contributed by atoms with Crippen LogP contribution in [-0.2, 0) is 11.0 Å². The lowest BCUT2D eigenvalue weighted by Crippen LogP contribution is -2.26. The van der Waals surface area contributed by atoms with Crippen molar-refractivity contribution in [2.45, 2.75) is 6.18 Å². The van der Waals surface area contributed by atoms with E-state index < -0.39 is 17.6 Å². The number of benzene rings is 3. The molecule has 176 valence electrons. The first-order chi connectivity index (χ1) is 16.7. The van der Waals surface area contributed by atoms with Gasteiger partial charge in [-0.3, -0.25) is 14.6 Å². The summed E-state index contributed by atoms with van der Waals surface area (Å²) in [6, 6.07) is 20.2. The zero-order chi connectivity index (χ0) is 25.0. The average molecular weight is 475 g/mol. The van der Waals surface area contributed by atoms with Gasteiger partial charge in [0.05, 0.1) is 16.8 Å². The van der Waals surface area contributed by atoms with Crippen molar-refractivity contribution < 1.29 is 22.8 Å². The fourth-order valence-corrected chi connectivity index (χ4v) is 3.53. The van der Waals surface area contributed by atoms with Gasteiger partial charge in [-0.2, -0.15) is 13.2 Å². The number of alkyl halides is 3. The molecule has 0 aliphatic rings. The fourth-order valence-electron chi connectivity index (χ4n) is 3.53. The standard InChI is InChI=1S/C27H20F3N3O2/c1-33(26(35)20-8-3-10-21(17-20)27(28,29)30)22-11-2-6-18(16-22)13-14-24(34)32-23-12-4-7-19-9-5-15-31-25(19)23/h2-17H,1H3,(H,32,34). The maximum absolute atomic E-state index is 13.0. The minimum absolute atomic E-state index is 0.0775. The third-order valence-electron chi connectivity index (χ3n) is 5.32. The van der Waals surface area contributed by atoms with Gasteiger partial charge in [-0.05, 0) is 54.1 Å². The minimum atomic E-state index is -4.54. The number of fused-ring (bicyclic) bond motifs is 1. The zero-order valence-electron chi connectivity index (χ0n) is 18.6. The van der Waals surface area contributed by atoms with Crippen molar-refractivity contribution in [3.8, 4) is 0 Å². The lowest BCUT2D eigenvalue weighted by molar-refractivity contribution is -0.137. The quantitative estimate of drug-likeness (QED) is 0.351. The van der Waals surface area contributed by atoms with Crippen molar-refractivity contribution in [2.24, 2.45) is 0 Å². The van der Waals surface area contributed by atoms with E-state index in [1.54, 1.807) is 42.6 Å². The highest BCUT2D eigenvalue weighted by molar-refractivity contribution is 6.07. The summed E-state index contributed by atoms with van der Waals surface area (Å²) in [5.74, 6) is -0.944. The normalized spacial score (nSPS) is 11.5. The van der Waals surface area contributed by atoms with E-state index in [-0.39, 0.29) is 11.5 Å². The van der Waals surface area contributed by atoms with Crippen molar-refractivity contribution in [3.63, 3.8) is 0 Å². The highest BCUT2D eigenvalue weighted by Crippen LogP contribution is 2.30. The molecule has 0 saturated carbocycles. The number of rotatable bonds is 5. The van der Waals surface area contributed by atoms with E-state index in [9.17, 15) is 22.8 Å². The number of aromatic nitrogens is 1. The second-order valence-corrected chi connectivity index (χ2v) is 7.74. The number of para-hydroxylation sites is 1. The molecule has 5 nitrogen and oxygen atoms in total. The van der Waals surface area contributed by atoms with Gasteiger partial charge in [0, 0.05) is 36.0 Å². The van der Waals surface area contributed by atoms with Crippen LogP contribution in [0.4, 0.5) is 24.5 Å². The van der Waals surface area contributed by atoms with Gasteiger partial charge in [0.25, 0.3) is 5.91 Å². The number of pyridine rings is 1. The summed E-state index contributed by atoms with van der Waals surface area (Å²) in [7, 11) is 1.48. The van der Waals surface area contributed by atoms with Gasteiger partial charge in [-0.25, -0.2) is 0 Å². The Kier molecular flexibility index (Phi) is 6.64. The highest BCUT2D eigenvalue weighted by atomic mass is 19.4. The van der Waals surface area contributed by atoms with Crippen LogP contribution in [0.2, 0.25) is 0 Å². The summed E-state index contributed by atoms with van der Waals surface area (Å²) in [5.41, 5.74) is 1.39. The number of anilines is 2. The Labute approximate surface area is 199 Å². The molecule has 0 fully saturated rings. The Morgan fingerprint density at radius 2 is 1.69 bits per heavy atom. The predicted octanol–water partition coefficient (Wildman–Crippen LogP) is 6.18. The molecule has 0 aliphatic carbocycles. The summed E-state index contributed by atoms with van der Waals surface area (Å²) in [6.45, 7) is 0. The van der Waals surface area contributed by atoms with Gasteiger partial charge >= 0.3 is 6.18 Å². The average Bonchev–Trinajstić information content (AvgIpc) is 2.86. The smallest absolute Gasteiger partial charge is 0.321 e. The first-order valence-corrected chi connectivity index (χ1v) is 10.6. The largest absolute Gasteiger partial charge is 0.416 e. The number of carbonyl (C=O) groups is 2. The van der Waals surface area contributed by atoms with Crippen LogP contribution in [0, 0.1) is 0 Å². The molecule has 0 atom stereocenters. The number of carbonyl (C=O) groups excluding carboxylic acids is 2. The molecule has 0 aliphatic heterocycles. The summed E-state index contributed by atoms with van der Waals surface area (Å²) in [4.78, 5) is 30.8. The number of amides is 2. The number of hydrogen-bond donors (Lipinski definition) is 1. The van der Waals surface area contributed by atoms with Gasteiger partial charge in [-0.15, -0.1) is 0 Å². The molecule has 0 radical (unpaired) electrons. The van der Waals surface area contributed by atoms with Gasteiger partial charge in [0.1, 0.15) is 0 Å². The lowest BCUT2D eigenvalue weighted by atomic mass is 10.1. The summed E-state index contributed by atoms with van der Waals surface area (Å²) in [6.07, 6.45) is 0.0498. The predicted molar refractivity (Wildman–Crippen MR) is 130 cm³/mol. The number of nitrogens with zero attached hydrogens (tertiary/aromatic N) is 2. The maximum atomic E-state index is 13.0. The molecule has 4 aromatic rings. The molecule has 1 N–H and O–H groups in total. The van der Waals surface area contributed by atoms with Crippen molar-refractivity contribution in [1.82, 2.24) is 4.98 Å². The Morgan fingerprint density at radius 3 is 2.49 bits per heavy atom. The first kappa shape index (κ1) is 23.7. The van der Waals surface area contributed by atoms with Crippen molar-refractivity contribution in [3.05, 3.63) is 108 Å². The molecule has 1 aromatic heterocycles. The van der Waals surface area contributed by atoms with E-state index in [0.29, 0.717) is 22.5 Å². The molecule has 0 saturated heterocycles. The Bertz CT molecular complexity index is 1430. The number of nitrogens with one attached hydrogen (secondary N) is 1. The van der Waals surface area contributed by atoms with E-state index in [2.05, 4.69) is 10.3 Å². The summed E-state index contributed by atoms with van der Waals surface area (Å²) in [5, 5.41) is 3.70. The van der Waals surface area contributed by atoms with Gasteiger partial charge in [-0.1, -0.05) is 36.4 Å². The third kappa shape index (κ3) is 5.55. The van der Waals surface area contributed by atoms with E-state index in [0.717, 1.165) is 17.5 Å². The van der Waals surface area contributed by atoms with Gasteiger partial charge in [0.2, 0.25) is 5.91 Å². The maximum Gasteiger partial charge on any atom is 0.416 e. The molecule has 35 heavy (non-hydrogen) atoms. The van der Waals surface area contributed by atoms with Crippen molar-refractivity contribution in [1.29, 1.82) is 0 Å². The van der Waals surface area contributed by atoms with Crippen molar-refractivity contribution in [2.75, 3.05) is 17.3 Å². The van der Waals surface area contributed by atoms with E-state index in [4.69, 9.17) is 0 Å². The molecule has 0 unspecified atom stereocenters. The van der Waals surface area contributed by atoms with Crippen LogP contribution in [0.1, 0.15) is 21.5 Å². The molecule has 0 bridgehead atoms. The Morgan fingerprint density at radius 1 is 0.943 bits per heavy atom. The molecule has 0 spiro atoms. The SMILES string of the molecule is CN(C(=O)c1cccc(C(F)(F)F)c1)c1cccc(C=CC(=O)Nc2cccc3cccnc23)c1. The molecule has 2 amide bonds. The van der Waals surface area contributed by atoms with Crippen LogP contribution in [0.5, 0.6) is 0 Å². The molecule has 1 heterocycles. The molecule has 8 heteroatoms. The molecule has 3 aromatic carbocycles. The van der Waals surface area contributed by atoms with Crippen LogP contribution in [-0.4, -0.2) is 23.8 Å². The van der Waals surface area contributed by atoms with Gasteiger partial charge < -0.3 is 10.2 Å². The first-order valence-electron chi connectivity index (χ1n) is 10.6. The summed E-state index contributed by atoms with van der Waals surface area (Å²) < 4.78 is 39.0. The Balaban J connectivity index is 1.48.